The molecule has 1 N–H and O–H groups in total. The second-order valence-corrected chi connectivity index (χ2v) is 3.28. The highest BCUT2D eigenvalue weighted by Gasteiger charge is 2.03. The topological polar surface area (TPSA) is 47.2 Å². The first-order valence-electron chi connectivity index (χ1n) is 4.58. The second-order valence-electron chi connectivity index (χ2n) is 3.28. The van der Waals surface area contributed by atoms with E-state index in [-0.39, 0.29) is 5.69 Å². The quantitative estimate of drug-likeness (QED) is 0.738. The third-order valence-corrected chi connectivity index (χ3v) is 1.84. The molecule has 0 aliphatic heterocycles. The molecule has 0 unspecified atom stereocenters. The molecule has 1 aromatic heterocycles. The van der Waals surface area contributed by atoms with Crippen molar-refractivity contribution in [1.29, 1.82) is 0 Å². The van der Waals surface area contributed by atoms with Crippen LogP contribution in [0.5, 0.6) is 0 Å². The Morgan fingerprint density at radius 1 is 1.46 bits per heavy atom. The molecule has 0 aliphatic carbocycles. The van der Waals surface area contributed by atoms with Crippen molar-refractivity contribution >= 4 is 0 Å². The van der Waals surface area contributed by atoms with E-state index in [0.29, 0.717) is 6.54 Å². The highest BCUT2D eigenvalue weighted by atomic mass is 16.3. The van der Waals surface area contributed by atoms with Crippen LogP contribution in [-0.2, 0) is 13.1 Å². The average molecular weight is 184 g/mol. The predicted molar refractivity (Wildman–Crippen MR) is 50.7 cm³/mol. The molecule has 0 amide bonds. The molecule has 0 spiro atoms. The van der Waals surface area contributed by atoms with Gasteiger partial charge in [0.15, 0.2) is 0 Å². The summed E-state index contributed by atoms with van der Waals surface area (Å²) in [6.07, 6.45) is 3.94. The Bertz CT molecular complexity index is 312. The fraction of sp³-hybridized carbons (Fsp3) is 0.667. The van der Waals surface area contributed by atoms with Crippen molar-refractivity contribution in [1.82, 2.24) is 9.13 Å². The van der Waals surface area contributed by atoms with Crippen molar-refractivity contribution < 1.29 is 5.11 Å². The minimum atomic E-state index is -0.477. The van der Waals surface area contributed by atoms with Crippen molar-refractivity contribution in [3.8, 4) is 0 Å². The molecule has 0 saturated heterocycles. The first-order valence-corrected chi connectivity index (χ1v) is 4.58. The Balaban J connectivity index is 2.80. The van der Waals surface area contributed by atoms with Crippen molar-refractivity contribution in [2.24, 2.45) is 0 Å². The van der Waals surface area contributed by atoms with Gasteiger partial charge in [-0.2, -0.15) is 0 Å². The predicted octanol–water partition coefficient (Wildman–Crippen LogP) is 0.441. The standard InChI is InChI=1S/C9H16N2O2/c1-3-4-10-5-6-11(9(10)13)7-8(2)12/h5-6,8,12H,3-4,7H2,1-2H3/t8-/m0/s1. The molecule has 4 nitrogen and oxygen atoms in total. The summed E-state index contributed by atoms with van der Waals surface area (Å²) in [6, 6.07) is 0. The first kappa shape index (κ1) is 10.1. The number of hydrogen-bond acceptors (Lipinski definition) is 2. The fourth-order valence-corrected chi connectivity index (χ4v) is 1.29. The summed E-state index contributed by atoms with van der Waals surface area (Å²) in [6.45, 7) is 4.81. The van der Waals surface area contributed by atoms with Crippen LogP contribution in [0.25, 0.3) is 0 Å². The summed E-state index contributed by atoms with van der Waals surface area (Å²) >= 11 is 0. The van der Waals surface area contributed by atoms with Crippen molar-refractivity contribution in [2.45, 2.75) is 39.5 Å². The highest BCUT2D eigenvalue weighted by Crippen LogP contribution is 1.91. The van der Waals surface area contributed by atoms with Crippen LogP contribution in [0.3, 0.4) is 0 Å². The molecule has 4 heteroatoms. The minimum absolute atomic E-state index is 0.0391. The molecule has 0 radical (unpaired) electrons. The van der Waals surface area contributed by atoms with Gasteiger partial charge in [-0.05, 0) is 13.3 Å². The largest absolute Gasteiger partial charge is 0.392 e. The number of hydrogen-bond donors (Lipinski definition) is 1. The van der Waals surface area contributed by atoms with Gasteiger partial charge in [-0.25, -0.2) is 4.79 Å². The lowest BCUT2D eigenvalue weighted by molar-refractivity contribution is 0.172. The molecule has 1 aromatic rings. The molecule has 1 rings (SSSR count). The van der Waals surface area contributed by atoms with Gasteiger partial charge >= 0.3 is 5.69 Å². The maximum atomic E-state index is 11.5. The van der Waals surface area contributed by atoms with E-state index in [1.165, 1.54) is 4.57 Å². The lowest BCUT2D eigenvalue weighted by Gasteiger charge is -2.03. The Morgan fingerprint density at radius 3 is 2.62 bits per heavy atom. The van der Waals surface area contributed by atoms with Gasteiger partial charge in [-0.1, -0.05) is 6.92 Å². The summed E-state index contributed by atoms with van der Waals surface area (Å²) in [4.78, 5) is 11.5. The maximum absolute atomic E-state index is 11.5. The van der Waals surface area contributed by atoms with Crippen LogP contribution in [0.4, 0.5) is 0 Å². The lowest BCUT2D eigenvalue weighted by atomic mass is 10.4. The van der Waals surface area contributed by atoms with Crippen LogP contribution in [-0.4, -0.2) is 20.3 Å². The number of aromatic nitrogens is 2. The Hall–Kier alpha value is -1.03. The molecule has 74 valence electrons. The fourth-order valence-electron chi connectivity index (χ4n) is 1.29. The first-order chi connectivity index (χ1) is 6.15. The third kappa shape index (κ3) is 2.45. The molecular formula is C9H16N2O2. The molecule has 1 heterocycles. The van der Waals surface area contributed by atoms with Gasteiger partial charge in [0, 0.05) is 18.9 Å². The summed E-state index contributed by atoms with van der Waals surface area (Å²) in [5, 5.41) is 9.10. The molecule has 0 bridgehead atoms. The van der Waals surface area contributed by atoms with Crippen LogP contribution in [0.1, 0.15) is 20.3 Å². The number of aryl methyl sites for hydroxylation is 1. The lowest BCUT2D eigenvalue weighted by Crippen LogP contribution is -2.27. The summed E-state index contributed by atoms with van der Waals surface area (Å²) in [5.41, 5.74) is -0.0391. The zero-order chi connectivity index (χ0) is 9.84. The molecule has 0 aromatic carbocycles. The maximum Gasteiger partial charge on any atom is 0.328 e. The van der Waals surface area contributed by atoms with Crippen molar-refractivity contribution in [3.05, 3.63) is 22.9 Å². The van der Waals surface area contributed by atoms with Gasteiger partial charge in [-0.3, -0.25) is 9.13 Å². The van der Waals surface area contributed by atoms with Gasteiger partial charge in [-0.15, -0.1) is 0 Å². The number of aliphatic hydroxyl groups excluding tert-OH is 1. The van der Waals surface area contributed by atoms with Gasteiger partial charge in [0.05, 0.1) is 12.6 Å². The molecule has 0 aliphatic rings. The van der Waals surface area contributed by atoms with Crippen LogP contribution in [0.2, 0.25) is 0 Å². The average Bonchev–Trinajstić information content (AvgIpc) is 2.36. The number of aliphatic hydroxyl groups is 1. The van der Waals surface area contributed by atoms with Crippen molar-refractivity contribution in [3.63, 3.8) is 0 Å². The summed E-state index contributed by atoms with van der Waals surface area (Å²) < 4.78 is 3.18. The van der Waals surface area contributed by atoms with E-state index in [1.54, 1.807) is 23.9 Å². The monoisotopic (exact) mass is 184 g/mol. The second kappa shape index (κ2) is 4.28. The molecular weight excluding hydrogens is 168 g/mol. The zero-order valence-electron chi connectivity index (χ0n) is 8.10. The van der Waals surface area contributed by atoms with Gasteiger partial charge in [0.2, 0.25) is 0 Å². The normalized spacial score (nSPS) is 13.2. The van der Waals surface area contributed by atoms with E-state index in [9.17, 15) is 4.79 Å². The molecule has 1 atom stereocenters. The third-order valence-electron chi connectivity index (χ3n) is 1.84. The smallest absolute Gasteiger partial charge is 0.328 e. The van der Waals surface area contributed by atoms with Gasteiger partial charge in [0.25, 0.3) is 0 Å². The van der Waals surface area contributed by atoms with E-state index < -0.39 is 6.10 Å². The van der Waals surface area contributed by atoms with E-state index >= 15 is 0 Å². The van der Waals surface area contributed by atoms with E-state index in [2.05, 4.69) is 0 Å². The Morgan fingerprint density at radius 2 is 2.08 bits per heavy atom. The number of rotatable bonds is 4. The van der Waals surface area contributed by atoms with Gasteiger partial charge < -0.3 is 5.11 Å². The van der Waals surface area contributed by atoms with Crippen LogP contribution < -0.4 is 5.69 Å². The Kier molecular flexibility index (Phi) is 3.31. The van der Waals surface area contributed by atoms with Crippen LogP contribution >= 0.6 is 0 Å². The highest BCUT2D eigenvalue weighted by molar-refractivity contribution is 4.81. The summed E-state index contributed by atoms with van der Waals surface area (Å²) in [5.74, 6) is 0. The van der Waals surface area contributed by atoms with Crippen LogP contribution in [0, 0.1) is 0 Å². The Labute approximate surface area is 77.4 Å². The van der Waals surface area contributed by atoms with Gasteiger partial charge in [0.1, 0.15) is 0 Å². The molecule has 13 heavy (non-hydrogen) atoms. The van der Waals surface area contributed by atoms with E-state index in [1.807, 2.05) is 6.92 Å². The molecule has 0 saturated carbocycles. The molecule has 0 fully saturated rings. The number of nitrogens with zero attached hydrogens (tertiary/aromatic N) is 2. The minimum Gasteiger partial charge on any atom is -0.392 e. The van der Waals surface area contributed by atoms with E-state index in [4.69, 9.17) is 5.11 Å². The van der Waals surface area contributed by atoms with Crippen molar-refractivity contribution in [2.75, 3.05) is 0 Å². The zero-order valence-corrected chi connectivity index (χ0v) is 8.10. The summed E-state index contributed by atoms with van der Waals surface area (Å²) in [7, 11) is 0. The number of imidazole rings is 1. The van der Waals surface area contributed by atoms with E-state index in [0.717, 1.165) is 13.0 Å². The SMILES string of the molecule is CCCn1ccn(C[C@H](C)O)c1=O. The van der Waals surface area contributed by atoms with Crippen LogP contribution in [0.15, 0.2) is 17.2 Å².